The van der Waals surface area contributed by atoms with Gasteiger partial charge in [0.2, 0.25) is 0 Å². The Morgan fingerprint density at radius 1 is 1.21 bits per heavy atom. The first kappa shape index (κ1) is 16.6. The fourth-order valence-electron chi connectivity index (χ4n) is 3.43. The number of nitriles is 1. The number of hydrogen-bond donors (Lipinski definition) is 0. The maximum atomic E-state index is 12.1. The normalized spacial score (nSPS) is 19.6. The van der Waals surface area contributed by atoms with Crippen molar-refractivity contribution in [1.29, 1.82) is 5.26 Å². The van der Waals surface area contributed by atoms with Crippen LogP contribution in [0.4, 0.5) is 4.79 Å². The van der Waals surface area contributed by atoms with Crippen molar-refractivity contribution in [2.75, 3.05) is 46.4 Å². The maximum absolute atomic E-state index is 12.1. The smallest absolute Gasteiger partial charge is 0.320 e. The molecule has 2 fully saturated rings. The molecule has 6 heteroatoms. The zero-order chi connectivity index (χ0) is 16.9. The Balaban J connectivity index is 1.41. The van der Waals surface area contributed by atoms with Crippen LogP contribution >= 0.6 is 0 Å². The SMILES string of the molecule is CN1CCN(C2CCN(CCOc3ccccc3C#N)CC2)C1=O. The van der Waals surface area contributed by atoms with E-state index in [2.05, 4.69) is 11.0 Å². The van der Waals surface area contributed by atoms with Crippen LogP contribution in [0, 0.1) is 11.3 Å². The van der Waals surface area contributed by atoms with Crippen LogP contribution in [0.15, 0.2) is 24.3 Å². The first-order chi connectivity index (χ1) is 11.7. The van der Waals surface area contributed by atoms with Gasteiger partial charge in [-0.3, -0.25) is 4.90 Å². The Labute approximate surface area is 143 Å². The number of hydrogen-bond acceptors (Lipinski definition) is 4. The van der Waals surface area contributed by atoms with Crippen LogP contribution < -0.4 is 4.74 Å². The summed E-state index contributed by atoms with van der Waals surface area (Å²) in [7, 11) is 1.87. The second kappa shape index (κ2) is 7.54. The van der Waals surface area contributed by atoms with Crippen LogP contribution in [-0.2, 0) is 0 Å². The molecule has 6 nitrogen and oxygen atoms in total. The molecule has 128 valence electrons. The van der Waals surface area contributed by atoms with E-state index in [-0.39, 0.29) is 6.03 Å². The second-order valence-corrected chi connectivity index (χ2v) is 6.43. The zero-order valence-corrected chi connectivity index (χ0v) is 14.1. The molecule has 0 unspecified atom stereocenters. The van der Waals surface area contributed by atoms with E-state index in [9.17, 15) is 4.79 Å². The van der Waals surface area contributed by atoms with Crippen LogP contribution in [-0.4, -0.2) is 73.2 Å². The van der Waals surface area contributed by atoms with E-state index in [4.69, 9.17) is 10.00 Å². The molecule has 0 spiro atoms. The number of para-hydroxylation sites is 1. The van der Waals surface area contributed by atoms with Gasteiger partial charge in [-0.25, -0.2) is 4.79 Å². The van der Waals surface area contributed by atoms with Crippen molar-refractivity contribution in [3.05, 3.63) is 29.8 Å². The van der Waals surface area contributed by atoms with E-state index in [1.165, 1.54) is 0 Å². The summed E-state index contributed by atoms with van der Waals surface area (Å²) < 4.78 is 5.75. The van der Waals surface area contributed by atoms with Gasteiger partial charge in [0.25, 0.3) is 0 Å². The number of amides is 2. The van der Waals surface area contributed by atoms with Crippen molar-refractivity contribution in [3.63, 3.8) is 0 Å². The van der Waals surface area contributed by atoms with Gasteiger partial charge in [0.15, 0.2) is 0 Å². The molecule has 1 aromatic carbocycles. The molecule has 0 bridgehead atoms. The predicted molar refractivity (Wildman–Crippen MR) is 90.8 cm³/mol. The Morgan fingerprint density at radius 2 is 1.96 bits per heavy atom. The quantitative estimate of drug-likeness (QED) is 0.826. The number of urea groups is 1. The highest BCUT2D eigenvalue weighted by molar-refractivity contribution is 5.76. The largest absolute Gasteiger partial charge is 0.491 e. The van der Waals surface area contributed by atoms with Crippen molar-refractivity contribution < 1.29 is 9.53 Å². The standard InChI is InChI=1S/C18H24N4O2/c1-20-10-11-22(18(20)23)16-6-8-21(9-7-16)12-13-24-17-5-3-2-4-15(17)14-19/h2-5,16H,6-13H2,1H3. The number of nitrogens with zero attached hydrogens (tertiary/aromatic N) is 4. The van der Waals surface area contributed by atoms with E-state index in [0.717, 1.165) is 45.6 Å². The number of benzene rings is 1. The van der Waals surface area contributed by atoms with Crippen LogP contribution in [0.5, 0.6) is 5.75 Å². The third-order valence-corrected chi connectivity index (χ3v) is 4.92. The van der Waals surface area contributed by atoms with Gasteiger partial charge in [0.05, 0.1) is 5.56 Å². The summed E-state index contributed by atoms with van der Waals surface area (Å²) in [5.74, 6) is 0.653. The van der Waals surface area contributed by atoms with Crippen molar-refractivity contribution in [2.24, 2.45) is 0 Å². The van der Waals surface area contributed by atoms with Gasteiger partial charge >= 0.3 is 6.03 Å². The topological polar surface area (TPSA) is 59.8 Å². The van der Waals surface area contributed by atoms with E-state index >= 15 is 0 Å². The molecule has 0 saturated carbocycles. The molecule has 2 aliphatic heterocycles. The highest BCUT2D eigenvalue weighted by atomic mass is 16.5. The summed E-state index contributed by atoms with van der Waals surface area (Å²) in [6.45, 7) is 5.09. The van der Waals surface area contributed by atoms with Crippen LogP contribution in [0.2, 0.25) is 0 Å². The average molecular weight is 328 g/mol. The number of ether oxygens (including phenoxy) is 1. The van der Waals surface area contributed by atoms with Gasteiger partial charge in [0, 0.05) is 45.8 Å². The summed E-state index contributed by atoms with van der Waals surface area (Å²) >= 11 is 0. The highest BCUT2D eigenvalue weighted by Gasteiger charge is 2.33. The number of carbonyl (C=O) groups excluding carboxylic acids is 1. The lowest BCUT2D eigenvalue weighted by Gasteiger charge is -2.36. The third-order valence-electron chi connectivity index (χ3n) is 4.92. The Kier molecular flexibility index (Phi) is 5.21. The first-order valence-electron chi connectivity index (χ1n) is 8.55. The van der Waals surface area contributed by atoms with E-state index in [1.807, 2.05) is 30.1 Å². The molecule has 24 heavy (non-hydrogen) atoms. The highest BCUT2D eigenvalue weighted by Crippen LogP contribution is 2.21. The van der Waals surface area contributed by atoms with Crippen molar-refractivity contribution in [1.82, 2.24) is 14.7 Å². The first-order valence-corrected chi connectivity index (χ1v) is 8.55. The average Bonchev–Trinajstić information content (AvgIpc) is 2.95. The fraction of sp³-hybridized carbons (Fsp3) is 0.556. The van der Waals surface area contributed by atoms with Gasteiger partial charge < -0.3 is 14.5 Å². The monoisotopic (exact) mass is 328 g/mol. The maximum Gasteiger partial charge on any atom is 0.320 e. The van der Waals surface area contributed by atoms with Gasteiger partial charge in [0.1, 0.15) is 18.4 Å². The van der Waals surface area contributed by atoms with Crippen LogP contribution in [0.3, 0.4) is 0 Å². The summed E-state index contributed by atoms with van der Waals surface area (Å²) in [6.07, 6.45) is 2.04. The van der Waals surface area contributed by atoms with Gasteiger partial charge in [-0.2, -0.15) is 5.26 Å². The molecule has 1 aromatic rings. The molecule has 0 aromatic heterocycles. The number of rotatable bonds is 5. The van der Waals surface area contributed by atoms with Gasteiger partial charge in [-0.1, -0.05) is 12.1 Å². The van der Waals surface area contributed by atoms with E-state index < -0.39 is 0 Å². The summed E-state index contributed by atoms with van der Waals surface area (Å²) in [6, 6.07) is 10.0. The minimum absolute atomic E-state index is 0.171. The summed E-state index contributed by atoms with van der Waals surface area (Å²) in [5.41, 5.74) is 0.577. The molecule has 3 rings (SSSR count). The molecule has 2 aliphatic rings. The number of carbonyl (C=O) groups is 1. The lowest BCUT2D eigenvalue weighted by Crippen LogP contribution is -2.47. The Morgan fingerprint density at radius 3 is 2.62 bits per heavy atom. The van der Waals surface area contributed by atoms with E-state index in [0.29, 0.717) is 24.0 Å². The Bertz CT molecular complexity index is 620. The molecule has 2 amide bonds. The fourth-order valence-corrected chi connectivity index (χ4v) is 3.43. The lowest BCUT2D eigenvalue weighted by molar-refractivity contribution is 0.120. The van der Waals surface area contributed by atoms with Crippen molar-refractivity contribution in [2.45, 2.75) is 18.9 Å². The molecular formula is C18H24N4O2. The second-order valence-electron chi connectivity index (χ2n) is 6.43. The zero-order valence-electron chi connectivity index (χ0n) is 14.1. The van der Waals surface area contributed by atoms with E-state index in [1.54, 1.807) is 11.0 Å². The summed E-state index contributed by atoms with van der Waals surface area (Å²) in [4.78, 5) is 18.3. The minimum atomic E-state index is 0.171. The molecule has 2 heterocycles. The molecular weight excluding hydrogens is 304 g/mol. The molecule has 0 atom stereocenters. The third kappa shape index (κ3) is 3.62. The van der Waals surface area contributed by atoms with Gasteiger partial charge in [-0.05, 0) is 25.0 Å². The minimum Gasteiger partial charge on any atom is -0.491 e. The number of piperidine rings is 1. The van der Waals surface area contributed by atoms with Crippen molar-refractivity contribution >= 4 is 6.03 Å². The van der Waals surface area contributed by atoms with Crippen LogP contribution in [0.1, 0.15) is 18.4 Å². The molecule has 0 N–H and O–H groups in total. The number of likely N-dealkylation sites (tertiary alicyclic amines) is 1. The van der Waals surface area contributed by atoms with Crippen molar-refractivity contribution in [3.8, 4) is 11.8 Å². The number of likely N-dealkylation sites (N-methyl/N-ethyl adjacent to an activating group) is 1. The molecule has 0 radical (unpaired) electrons. The predicted octanol–water partition coefficient (Wildman–Crippen LogP) is 1.77. The van der Waals surface area contributed by atoms with Gasteiger partial charge in [-0.15, -0.1) is 0 Å². The van der Waals surface area contributed by atoms with Crippen LogP contribution in [0.25, 0.3) is 0 Å². The molecule has 2 saturated heterocycles. The Hall–Kier alpha value is -2.26. The molecule has 0 aliphatic carbocycles. The lowest BCUT2D eigenvalue weighted by atomic mass is 10.0. The summed E-state index contributed by atoms with van der Waals surface area (Å²) in [5, 5.41) is 9.06.